The molecule has 0 unspecified atom stereocenters. The highest BCUT2D eigenvalue weighted by Crippen LogP contribution is 2.26. The Labute approximate surface area is 223 Å². The molecule has 0 saturated carbocycles. The lowest BCUT2D eigenvalue weighted by Gasteiger charge is -2.36. The summed E-state index contributed by atoms with van der Waals surface area (Å²) in [5.41, 5.74) is 4.69. The molecule has 1 amide bonds. The molecule has 4 aromatic carbocycles. The van der Waals surface area contributed by atoms with Crippen LogP contribution in [0.4, 0.5) is 10.1 Å². The van der Waals surface area contributed by atoms with Gasteiger partial charge in [-0.25, -0.2) is 4.39 Å². The summed E-state index contributed by atoms with van der Waals surface area (Å²) in [6, 6.07) is 30.2. The Morgan fingerprint density at radius 2 is 1.47 bits per heavy atom. The van der Waals surface area contributed by atoms with E-state index in [9.17, 15) is 9.18 Å². The van der Waals surface area contributed by atoms with Crippen molar-refractivity contribution in [3.63, 3.8) is 0 Å². The summed E-state index contributed by atoms with van der Waals surface area (Å²) in [6.45, 7) is 5.35. The predicted octanol–water partition coefficient (Wildman–Crippen LogP) is 6.43. The van der Waals surface area contributed by atoms with Crippen LogP contribution in [0.15, 0.2) is 97.1 Å². The molecule has 1 heterocycles. The van der Waals surface area contributed by atoms with Gasteiger partial charge in [0, 0.05) is 43.0 Å². The van der Waals surface area contributed by atoms with E-state index >= 15 is 0 Å². The lowest BCUT2D eigenvalue weighted by atomic mass is 10.1. The molecular formula is C32H31FN2O3. The van der Waals surface area contributed by atoms with Gasteiger partial charge in [0.1, 0.15) is 23.9 Å². The van der Waals surface area contributed by atoms with Gasteiger partial charge in [-0.2, -0.15) is 0 Å². The molecule has 1 saturated heterocycles. The first-order chi connectivity index (χ1) is 18.6. The van der Waals surface area contributed by atoms with Gasteiger partial charge in [-0.15, -0.1) is 0 Å². The van der Waals surface area contributed by atoms with E-state index in [1.54, 1.807) is 12.1 Å². The molecule has 0 atom stereocenters. The number of rotatable bonds is 8. The smallest absolute Gasteiger partial charge is 0.253 e. The second kappa shape index (κ2) is 11.8. The summed E-state index contributed by atoms with van der Waals surface area (Å²) < 4.78 is 25.2. The Morgan fingerprint density at radius 1 is 0.789 bits per heavy atom. The average molecular weight is 511 g/mol. The molecule has 1 fully saturated rings. The fraction of sp³-hybridized carbons (Fsp3) is 0.219. The number of carbonyl (C=O) groups excluding carboxylic acids is 1. The van der Waals surface area contributed by atoms with Gasteiger partial charge in [0.2, 0.25) is 0 Å². The maximum absolute atomic E-state index is 13.3. The van der Waals surface area contributed by atoms with Crippen LogP contribution in [0.1, 0.15) is 22.8 Å². The van der Waals surface area contributed by atoms with E-state index in [-0.39, 0.29) is 11.7 Å². The SMILES string of the molecule is CCOc1ccc(C(=O)N2CCN(c3ccc(F)cc3)CC2)cc1COc1ccc(-c2ccccc2)cc1. The molecule has 38 heavy (non-hydrogen) atoms. The van der Waals surface area contributed by atoms with Crippen molar-refractivity contribution in [2.24, 2.45) is 0 Å². The normalized spacial score (nSPS) is 13.3. The van der Waals surface area contributed by atoms with Crippen LogP contribution in [-0.4, -0.2) is 43.6 Å². The van der Waals surface area contributed by atoms with Crippen molar-refractivity contribution in [3.8, 4) is 22.6 Å². The Hall–Kier alpha value is -4.32. The van der Waals surface area contributed by atoms with Gasteiger partial charge >= 0.3 is 0 Å². The van der Waals surface area contributed by atoms with Gasteiger partial charge in [0.15, 0.2) is 0 Å². The molecule has 194 valence electrons. The van der Waals surface area contributed by atoms with E-state index in [1.807, 2.05) is 72.5 Å². The van der Waals surface area contributed by atoms with Crippen LogP contribution in [0, 0.1) is 5.82 Å². The number of amides is 1. The number of nitrogens with zero attached hydrogens (tertiary/aromatic N) is 2. The zero-order valence-corrected chi connectivity index (χ0v) is 21.5. The summed E-state index contributed by atoms with van der Waals surface area (Å²) in [5.74, 6) is 1.20. The highest BCUT2D eigenvalue weighted by molar-refractivity contribution is 5.94. The second-order valence-electron chi connectivity index (χ2n) is 9.19. The first-order valence-electron chi connectivity index (χ1n) is 12.9. The van der Waals surface area contributed by atoms with Crippen LogP contribution in [0.3, 0.4) is 0 Å². The molecule has 0 bridgehead atoms. The lowest BCUT2D eigenvalue weighted by Crippen LogP contribution is -2.48. The van der Waals surface area contributed by atoms with Crippen LogP contribution >= 0.6 is 0 Å². The summed E-state index contributed by atoms with van der Waals surface area (Å²) in [5, 5.41) is 0. The van der Waals surface area contributed by atoms with Crippen molar-refractivity contribution in [3.05, 3.63) is 114 Å². The minimum Gasteiger partial charge on any atom is -0.493 e. The molecule has 0 aromatic heterocycles. The van der Waals surface area contributed by atoms with E-state index in [1.165, 1.54) is 12.1 Å². The zero-order chi connectivity index (χ0) is 26.3. The Morgan fingerprint density at radius 3 is 2.16 bits per heavy atom. The van der Waals surface area contributed by atoms with Gasteiger partial charge in [0.25, 0.3) is 5.91 Å². The number of benzene rings is 4. The van der Waals surface area contributed by atoms with E-state index in [2.05, 4.69) is 17.0 Å². The molecule has 5 rings (SSSR count). The topological polar surface area (TPSA) is 42.0 Å². The van der Waals surface area contributed by atoms with E-state index < -0.39 is 0 Å². The minimum absolute atomic E-state index is 0.0136. The second-order valence-corrected chi connectivity index (χ2v) is 9.19. The van der Waals surface area contributed by atoms with E-state index in [4.69, 9.17) is 9.47 Å². The van der Waals surface area contributed by atoms with Gasteiger partial charge in [0.05, 0.1) is 6.61 Å². The number of anilines is 1. The average Bonchev–Trinajstić information content (AvgIpc) is 2.98. The molecule has 0 N–H and O–H groups in total. The van der Waals surface area contributed by atoms with Crippen LogP contribution in [0.2, 0.25) is 0 Å². The van der Waals surface area contributed by atoms with Crippen LogP contribution < -0.4 is 14.4 Å². The number of hydrogen-bond acceptors (Lipinski definition) is 4. The van der Waals surface area contributed by atoms with Crippen molar-refractivity contribution < 1.29 is 18.7 Å². The third kappa shape index (κ3) is 5.97. The number of ether oxygens (including phenoxy) is 2. The van der Waals surface area contributed by atoms with Crippen molar-refractivity contribution in [2.75, 3.05) is 37.7 Å². The molecule has 5 nitrogen and oxygen atoms in total. The van der Waals surface area contributed by atoms with Crippen LogP contribution in [-0.2, 0) is 6.61 Å². The highest BCUT2D eigenvalue weighted by atomic mass is 19.1. The standard InChI is InChI=1S/C32H31FN2O3/c1-2-37-31-17-10-26(32(36)35-20-18-34(19-21-35)29-13-11-28(33)12-14-29)22-27(31)23-38-30-15-8-25(9-16-30)24-6-4-3-5-7-24/h3-17,22H,2,18-21,23H2,1H3. The van der Waals surface area contributed by atoms with Crippen LogP contribution in [0.5, 0.6) is 11.5 Å². The maximum Gasteiger partial charge on any atom is 0.253 e. The summed E-state index contributed by atoms with van der Waals surface area (Å²) in [4.78, 5) is 17.4. The van der Waals surface area contributed by atoms with Crippen LogP contribution in [0.25, 0.3) is 11.1 Å². The number of carbonyl (C=O) groups is 1. The molecule has 0 radical (unpaired) electrons. The van der Waals surface area contributed by atoms with Crippen molar-refractivity contribution in [1.29, 1.82) is 0 Å². The molecular weight excluding hydrogens is 479 g/mol. The Balaban J connectivity index is 1.24. The van der Waals surface area contributed by atoms with Crippen molar-refractivity contribution in [2.45, 2.75) is 13.5 Å². The minimum atomic E-state index is -0.248. The number of piperazine rings is 1. The molecule has 0 aliphatic carbocycles. The lowest BCUT2D eigenvalue weighted by molar-refractivity contribution is 0.0746. The largest absolute Gasteiger partial charge is 0.493 e. The van der Waals surface area contributed by atoms with E-state index in [0.717, 1.165) is 28.1 Å². The first-order valence-corrected chi connectivity index (χ1v) is 12.9. The number of hydrogen-bond donors (Lipinski definition) is 0. The molecule has 0 spiro atoms. The molecule has 1 aliphatic rings. The maximum atomic E-state index is 13.3. The third-order valence-electron chi connectivity index (χ3n) is 6.72. The number of halogens is 1. The van der Waals surface area contributed by atoms with Gasteiger partial charge in [-0.3, -0.25) is 4.79 Å². The quantitative estimate of drug-likeness (QED) is 0.274. The van der Waals surface area contributed by atoms with Crippen molar-refractivity contribution in [1.82, 2.24) is 4.90 Å². The fourth-order valence-electron chi connectivity index (χ4n) is 4.66. The first kappa shape index (κ1) is 25.3. The van der Waals surface area contributed by atoms with Gasteiger partial charge < -0.3 is 19.3 Å². The Bertz CT molecular complexity index is 1350. The van der Waals surface area contributed by atoms with Gasteiger partial charge in [-0.05, 0) is 72.6 Å². The van der Waals surface area contributed by atoms with Crippen molar-refractivity contribution >= 4 is 11.6 Å². The predicted molar refractivity (Wildman–Crippen MR) is 148 cm³/mol. The van der Waals surface area contributed by atoms with Gasteiger partial charge in [-0.1, -0.05) is 42.5 Å². The monoisotopic (exact) mass is 510 g/mol. The third-order valence-corrected chi connectivity index (χ3v) is 6.72. The molecule has 6 heteroatoms. The summed E-state index contributed by atoms with van der Waals surface area (Å²) in [7, 11) is 0. The van der Waals surface area contributed by atoms with E-state index in [0.29, 0.717) is 50.7 Å². The molecule has 4 aromatic rings. The summed E-state index contributed by atoms with van der Waals surface area (Å²) >= 11 is 0. The highest BCUT2D eigenvalue weighted by Gasteiger charge is 2.23. The fourth-order valence-corrected chi connectivity index (χ4v) is 4.66. The summed E-state index contributed by atoms with van der Waals surface area (Å²) in [6.07, 6.45) is 0. The Kier molecular flexibility index (Phi) is 7.88. The molecule has 1 aliphatic heterocycles. The zero-order valence-electron chi connectivity index (χ0n) is 21.5.